The average molecular weight is 210 g/mol. The fourth-order valence-electron chi connectivity index (χ4n) is 1.58. The summed E-state index contributed by atoms with van der Waals surface area (Å²) in [6.07, 6.45) is 2.86. The van der Waals surface area contributed by atoms with Crippen LogP contribution in [-0.2, 0) is 14.4 Å². The van der Waals surface area contributed by atoms with Gasteiger partial charge in [-0.2, -0.15) is 0 Å². The summed E-state index contributed by atoms with van der Waals surface area (Å²) in [5.74, 6) is -1.43. The van der Waals surface area contributed by atoms with E-state index >= 15 is 0 Å². The molecule has 1 aliphatic heterocycles. The van der Waals surface area contributed by atoms with E-state index in [0.717, 1.165) is 4.90 Å². The highest BCUT2D eigenvalue weighted by Crippen LogP contribution is 2.15. The second-order valence-electron chi connectivity index (χ2n) is 3.77. The monoisotopic (exact) mass is 210 g/mol. The maximum absolute atomic E-state index is 11.3. The fourth-order valence-corrected chi connectivity index (χ4v) is 1.58. The van der Waals surface area contributed by atoms with Gasteiger partial charge in [0, 0.05) is 24.1 Å². The second kappa shape index (κ2) is 4.25. The number of nitrogens with two attached hydrogens (primary N) is 1. The number of nitrogens with zero attached hydrogens (tertiary/aromatic N) is 1. The topological polar surface area (TPSA) is 80.5 Å². The zero-order valence-electron chi connectivity index (χ0n) is 8.77. The molecule has 15 heavy (non-hydrogen) atoms. The van der Waals surface area contributed by atoms with Crippen molar-refractivity contribution in [3.63, 3.8) is 0 Å². The number of carbonyl (C=O) groups excluding carboxylic acids is 3. The minimum Gasteiger partial charge on any atom is -0.369 e. The zero-order valence-corrected chi connectivity index (χ0v) is 8.77. The van der Waals surface area contributed by atoms with E-state index in [1.54, 1.807) is 13.8 Å². The summed E-state index contributed by atoms with van der Waals surface area (Å²) < 4.78 is 0. The lowest BCUT2D eigenvalue weighted by molar-refractivity contribution is -0.140. The maximum Gasteiger partial charge on any atom is 0.253 e. The van der Waals surface area contributed by atoms with Crippen LogP contribution in [0.15, 0.2) is 12.2 Å². The quantitative estimate of drug-likeness (QED) is 0.653. The molecule has 0 aromatic heterocycles. The van der Waals surface area contributed by atoms with Gasteiger partial charge in [0.1, 0.15) is 0 Å². The smallest absolute Gasteiger partial charge is 0.253 e. The van der Waals surface area contributed by atoms with Gasteiger partial charge in [-0.25, -0.2) is 0 Å². The second-order valence-corrected chi connectivity index (χ2v) is 3.77. The predicted octanol–water partition coefficient (Wildman–Crippen LogP) is -0.189. The SMILES string of the molecule is CC(CC(C)N1C(=O)C=CC1=O)C(N)=O. The third-order valence-electron chi connectivity index (χ3n) is 2.46. The molecule has 0 fully saturated rings. The highest BCUT2D eigenvalue weighted by molar-refractivity contribution is 6.13. The van der Waals surface area contributed by atoms with Crippen molar-refractivity contribution in [2.45, 2.75) is 26.3 Å². The molecule has 5 heteroatoms. The number of primary amides is 1. The molecule has 5 nitrogen and oxygen atoms in total. The summed E-state index contributed by atoms with van der Waals surface area (Å²) in [6, 6.07) is -0.303. The van der Waals surface area contributed by atoms with Gasteiger partial charge in [-0.3, -0.25) is 19.3 Å². The molecule has 0 aromatic carbocycles. The minimum absolute atomic E-state index is 0.303. The van der Waals surface area contributed by atoms with E-state index in [0.29, 0.717) is 6.42 Å². The van der Waals surface area contributed by atoms with Gasteiger partial charge in [-0.1, -0.05) is 6.92 Å². The summed E-state index contributed by atoms with van der Waals surface area (Å²) in [7, 11) is 0. The summed E-state index contributed by atoms with van der Waals surface area (Å²) in [4.78, 5) is 34.5. The van der Waals surface area contributed by atoms with E-state index < -0.39 is 5.91 Å². The van der Waals surface area contributed by atoms with Crippen LogP contribution < -0.4 is 5.73 Å². The largest absolute Gasteiger partial charge is 0.369 e. The molecule has 2 N–H and O–H groups in total. The Kier molecular flexibility index (Phi) is 3.24. The number of rotatable bonds is 4. The van der Waals surface area contributed by atoms with Crippen molar-refractivity contribution in [1.82, 2.24) is 4.90 Å². The lowest BCUT2D eigenvalue weighted by Gasteiger charge is -2.23. The zero-order chi connectivity index (χ0) is 11.6. The third kappa shape index (κ3) is 2.43. The van der Waals surface area contributed by atoms with Crippen LogP contribution in [0.5, 0.6) is 0 Å². The first-order valence-corrected chi connectivity index (χ1v) is 4.78. The van der Waals surface area contributed by atoms with Gasteiger partial charge < -0.3 is 5.73 Å². The van der Waals surface area contributed by atoms with Gasteiger partial charge in [-0.05, 0) is 13.3 Å². The first-order valence-electron chi connectivity index (χ1n) is 4.78. The van der Waals surface area contributed by atoms with Gasteiger partial charge in [-0.15, -0.1) is 0 Å². The van der Waals surface area contributed by atoms with Crippen LogP contribution in [0.3, 0.4) is 0 Å². The number of amides is 3. The highest BCUT2D eigenvalue weighted by atomic mass is 16.2. The molecule has 1 heterocycles. The molecule has 0 radical (unpaired) electrons. The van der Waals surface area contributed by atoms with Crippen LogP contribution in [0.4, 0.5) is 0 Å². The molecule has 0 bridgehead atoms. The van der Waals surface area contributed by atoms with Gasteiger partial charge in [0.25, 0.3) is 11.8 Å². The normalized spacial score (nSPS) is 19.5. The standard InChI is InChI=1S/C10H14N2O3/c1-6(10(11)15)5-7(2)12-8(13)3-4-9(12)14/h3-4,6-7H,5H2,1-2H3,(H2,11,15). The Balaban J connectivity index is 2.62. The maximum atomic E-state index is 11.3. The Morgan fingerprint density at radius 3 is 2.20 bits per heavy atom. The van der Waals surface area contributed by atoms with Crippen molar-refractivity contribution in [1.29, 1.82) is 0 Å². The van der Waals surface area contributed by atoms with Crippen molar-refractivity contribution in [3.05, 3.63) is 12.2 Å². The van der Waals surface area contributed by atoms with E-state index in [1.807, 2.05) is 0 Å². The van der Waals surface area contributed by atoms with E-state index in [1.165, 1.54) is 12.2 Å². The summed E-state index contributed by atoms with van der Waals surface area (Å²) in [5, 5.41) is 0. The van der Waals surface area contributed by atoms with Gasteiger partial charge in [0.2, 0.25) is 5.91 Å². The Labute approximate surface area is 87.9 Å². The molecule has 0 aromatic rings. The molecule has 0 spiro atoms. The molecule has 0 saturated heterocycles. The molecular formula is C10H14N2O3. The Morgan fingerprint density at radius 2 is 1.80 bits per heavy atom. The fraction of sp³-hybridized carbons (Fsp3) is 0.500. The van der Waals surface area contributed by atoms with E-state index in [-0.39, 0.29) is 23.8 Å². The lowest BCUT2D eigenvalue weighted by Crippen LogP contribution is -2.40. The van der Waals surface area contributed by atoms with E-state index in [2.05, 4.69) is 0 Å². The van der Waals surface area contributed by atoms with Crippen LogP contribution in [0.25, 0.3) is 0 Å². The third-order valence-corrected chi connectivity index (χ3v) is 2.46. The van der Waals surface area contributed by atoms with Gasteiger partial charge in [0.05, 0.1) is 0 Å². The molecule has 0 aliphatic carbocycles. The number of carbonyl (C=O) groups is 3. The molecule has 1 rings (SSSR count). The molecule has 82 valence electrons. The molecular weight excluding hydrogens is 196 g/mol. The number of hydrogen-bond donors (Lipinski definition) is 1. The van der Waals surface area contributed by atoms with Crippen molar-refractivity contribution in [3.8, 4) is 0 Å². The van der Waals surface area contributed by atoms with E-state index in [9.17, 15) is 14.4 Å². The van der Waals surface area contributed by atoms with Crippen molar-refractivity contribution < 1.29 is 14.4 Å². The summed E-state index contributed by atoms with van der Waals surface area (Å²) in [6.45, 7) is 3.40. The Bertz CT molecular complexity index is 318. The highest BCUT2D eigenvalue weighted by Gasteiger charge is 2.29. The summed E-state index contributed by atoms with van der Waals surface area (Å²) >= 11 is 0. The molecule has 3 amide bonds. The number of imide groups is 1. The molecule has 2 atom stereocenters. The molecule has 0 saturated carbocycles. The average Bonchev–Trinajstić information content (AvgIpc) is 2.45. The molecule has 1 aliphatic rings. The van der Waals surface area contributed by atoms with E-state index in [4.69, 9.17) is 5.73 Å². The Morgan fingerprint density at radius 1 is 1.33 bits per heavy atom. The minimum atomic E-state index is -0.422. The van der Waals surface area contributed by atoms with Crippen LogP contribution in [0.1, 0.15) is 20.3 Å². The van der Waals surface area contributed by atoms with Crippen molar-refractivity contribution in [2.75, 3.05) is 0 Å². The van der Waals surface area contributed by atoms with Gasteiger partial charge in [0.15, 0.2) is 0 Å². The first-order chi connectivity index (χ1) is 6.93. The van der Waals surface area contributed by atoms with Crippen LogP contribution >= 0.6 is 0 Å². The Hall–Kier alpha value is -1.65. The van der Waals surface area contributed by atoms with Crippen molar-refractivity contribution in [2.24, 2.45) is 11.7 Å². The van der Waals surface area contributed by atoms with Crippen LogP contribution in [0.2, 0.25) is 0 Å². The summed E-state index contributed by atoms with van der Waals surface area (Å²) in [5.41, 5.74) is 5.11. The van der Waals surface area contributed by atoms with Crippen LogP contribution in [0, 0.1) is 5.92 Å². The number of hydrogen-bond acceptors (Lipinski definition) is 3. The van der Waals surface area contributed by atoms with Crippen molar-refractivity contribution >= 4 is 17.7 Å². The van der Waals surface area contributed by atoms with Crippen LogP contribution in [-0.4, -0.2) is 28.7 Å². The van der Waals surface area contributed by atoms with Gasteiger partial charge >= 0.3 is 0 Å². The molecule has 2 unspecified atom stereocenters. The lowest BCUT2D eigenvalue weighted by atomic mass is 10.0. The predicted molar refractivity (Wildman–Crippen MR) is 53.4 cm³/mol. The first kappa shape index (κ1) is 11.4.